The molecular weight excluding hydrogens is 174 g/mol. The molecule has 0 aromatic carbocycles. The maximum absolute atomic E-state index is 5.34. The summed E-state index contributed by atoms with van der Waals surface area (Å²) in [5, 5.41) is 0. The largest absolute Gasteiger partial charge is 0.381 e. The molecule has 2 nitrogen and oxygen atoms in total. The Bertz CT molecular complexity index is 218. The number of likely N-dealkylation sites (tertiary alicyclic amines) is 1. The fourth-order valence-corrected chi connectivity index (χ4v) is 3.39. The van der Waals surface area contributed by atoms with E-state index in [-0.39, 0.29) is 0 Å². The van der Waals surface area contributed by atoms with E-state index in [1.54, 1.807) is 0 Å². The molecule has 0 unspecified atom stereocenters. The maximum atomic E-state index is 5.34. The van der Waals surface area contributed by atoms with E-state index in [2.05, 4.69) is 4.90 Å². The Labute approximate surface area is 86.6 Å². The van der Waals surface area contributed by atoms with Gasteiger partial charge in [0.25, 0.3) is 0 Å². The van der Waals surface area contributed by atoms with Crippen LogP contribution in [0.2, 0.25) is 0 Å². The number of hydrogen-bond acceptors (Lipinski definition) is 2. The second kappa shape index (κ2) is 3.21. The van der Waals surface area contributed by atoms with Crippen molar-refractivity contribution in [3.63, 3.8) is 0 Å². The molecular formula is C12H21NO. The number of nitrogens with zero attached hydrogens (tertiary/aromatic N) is 1. The van der Waals surface area contributed by atoms with Crippen molar-refractivity contribution in [2.45, 2.75) is 50.7 Å². The third-order valence-corrected chi connectivity index (χ3v) is 4.80. The van der Waals surface area contributed by atoms with Gasteiger partial charge in [-0.2, -0.15) is 0 Å². The molecule has 3 rings (SSSR count). The molecule has 0 radical (unpaired) electrons. The van der Waals surface area contributed by atoms with Gasteiger partial charge in [0.1, 0.15) is 0 Å². The Morgan fingerprint density at radius 3 is 2.50 bits per heavy atom. The van der Waals surface area contributed by atoms with E-state index in [0.29, 0.717) is 6.10 Å². The highest BCUT2D eigenvalue weighted by molar-refractivity contribution is 5.00. The summed E-state index contributed by atoms with van der Waals surface area (Å²) in [4.78, 5) is 2.73. The van der Waals surface area contributed by atoms with Gasteiger partial charge in [0, 0.05) is 19.7 Å². The molecule has 3 fully saturated rings. The van der Waals surface area contributed by atoms with Crippen LogP contribution in [0.4, 0.5) is 0 Å². The summed E-state index contributed by atoms with van der Waals surface area (Å²) in [6.45, 7) is 2.76. The lowest BCUT2D eigenvalue weighted by atomic mass is 9.68. The van der Waals surface area contributed by atoms with Gasteiger partial charge in [-0.3, -0.25) is 4.90 Å². The van der Waals surface area contributed by atoms with Crippen molar-refractivity contribution in [3.05, 3.63) is 0 Å². The number of hydrogen-bond donors (Lipinski definition) is 0. The predicted molar refractivity (Wildman–Crippen MR) is 56.3 cm³/mol. The standard InChI is InChI=1S/C12H21NO/c1-14-11-7-10(8-11)13-6-5-12(9-13)3-2-4-12/h10-11H,2-9H2,1H3. The normalized spacial score (nSPS) is 40.9. The minimum atomic E-state index is 0.568. The summed E-state index contributed by atoms with van der Waals surface area (Å²) >= 11 is 0. The Morgan fingerprint density at radius 1 is 1.21 bits per heavy atom. The Hall–Kier alpha value is -0.0800. The third-order valence-electron chi connectivity index (χ3n) is 4.80. The minimum Gasteiger partial charge on any atom is -0.381 e. The first-order valence-electron chi connectivity index (χ1n) is 6.08. The van der Waals surface area contributed by atoms with E-state index in [9.17, 15) is 0 Å². The van der Waals surface area contributed by atoms with Gasteiger partial charge in [-0.25, -0.2) is 0 Å². The monoisotopic (exact) mass is 195 g/mol. The molecule has 2 heteroatoms. The van der Waals surface area contributed by atoms with Gasteiger partial charge in [0.15, 0.2) is 0 Å². The van der Waals surface area contributed by atoms with Crippen LogP contribution in [0.5, 0.6) is 0 Å². The molecule has 1 saturated heterocycles. The third kappa shape index (κ3) is 1.31. The molecule has 1 spiro atoms. The van der Waals surface area contributed by atoms with Crippen LogP contribution in [-0.4, -0.2) is 37.2 Å². The van der Waals surface area contributed by atoms with Gasteiger partial charge in [-0.15, -0.1) is 0 Å². The van der Waals surface area contributed by atoms with E-state index in [1.807, 2.05) is 7.11 Å². The van der Waals surface area contributed by atoms with Gasteiger partial charge in [0.05, 0.1) is 6.10 Å². The van der Waals surface area contributed by atoms with Crippen molar-refractivity contribution < 1.29 is 4.74 Å². The molecule has 0 atom stereocenters. The van der Waals surface area contributed by atoms with Crippen molar-refractivity contribution in [2.24, 2.45) is 5.41 Å². The van der Waals surface area contributed by atoms with Crippen LogP contribution in [0.3, 0.4) is 0 Å². The fraction of sp³-hybridized carbons (Fsp3) is 1.00. The number of ether oxygens (including phenoxy) is 1. The first-order chi connectivity index (χ1) is 6.81. The Balaban J connectivity index is 1.52. The van der Waals surface area contributed by atoms with Crippen LogP contribution >= 0.6 is 0 Å². The summed E-state index contributed by atoms with van der Waals surface area (Å²) in [7, 11) is 1.85. The molecule has 2 aliphatic carbocycles. The van der Waals surface area contributed by atoms with Crippen LogP contribution in [-0.2, 0) is 4.74 Å². The van der Waals surface area contributed by atoms with Gasteiger partial charge < -0.3 is 4.74 Å². The minimum absolute atomic E-state index is 0.568. The summed E-state index contributed by atoms with van der Waals surface area (Å²) in [6, 6.07) is 0.861. The van der Waals surface area contributed by atoms with E-state index in [4.69, 9.17) is 4.74 Å². The molecule has 1 heterocycles. The molecule has 0 N–H and O–H groups in total. The van der Waals surface area contributed by atoms with Crippen molar-refractivity contribution in [1.29, 1.82) is 0 Å². The van der Waals surface area contributed by atoms with Crippen LogP contribution in [0, 0.1) is 5.41 Å². The maximum Gasteiger partial charge on any atom is 0.0601 e. The molecule has 1 aliphatic heterocycles. The quantitative estimate of drug-likeness (QED) is 0.668. The lowest BCUT2D eigenvalue weighted by Crippen LogP contribution is -2.48. The van der Waals surface area contributed by atoms with E-state index < -0.39 is 0 Å². The fourth-order valence-electron chi connectivity index (χ4n) is 3.39. The van der Waals surface area contributed by atoms with Gasteiger partial charge in [0.2, 0.25) is 0 Å². The van der Waals surface area contributed by atoms with Crippen LogP contribution in [0.15, 0.2) is 0 Å². The SMILES string of the molecule is COC1CC(N2CCC3(CCC3)C2)C1. The number of rotatable bonds is 2. The average Bonchev–Trinajstić information content (AvgIpc) is 2.46. The Morgan fingerprint density at radius 2 is 2.00 bits per heavy atom. The van der Waals surface area contributed by atoms with Crippen LogP contribution in [0.25, 0.3) is 0 Å². The molecule has 0 bridgehead atoms. The Kier molecular flexibility index (Phi) is 2.10. The van der Waals surface area contributed by atoms with E-state index in [0.717, 1.165) is 11.5 Å². The average molecular weight is 195 g/mol. The summed E-state index contributed by atoms with van der Waals surface area (Å²) < 4.78 is 5.34. The first kappa shape index (κ1) is 9.17. The van der Waals surface area contributed by atoms with Gasteiger partial charge >= 0.3 is 0 Å². The van der Waals surface area contributed by atoms with Crippen molar-refractivity contribution in [3.8, 4) is 0 Å². The summed E-state index contributed by atoms with van der Waals surface area (Å²) in [5.74, 6) is 0. The zero-order valence-corrected chi connectivity index (χ0v) is 9.17. The van der Waals surface area contributed by atoms with Gasteiger partial charge in [-0.1, -0.05) is 6.42 Å². The zero-order valence-electron chi connectivity index (χ0n) is 9.17. The molecule has 2 saturated carbocycles. The highest BCUT2D eigenvalue weighted by Gasteiger charge is 2.46. The molecule has 14 heavy (non-hydrogen) atoms. The second-order valence-electron chi connectivity index (χ2n) is 5.56. The first-order valence-corrected chi connectivity index (χ1v) is 6.08. The predicted octanol–water partition coefficient (Wildman–Crippen LogP) is 2.04. The molecule has 0 aromatic heterocycles. The van der Waals surface area contributed by atoms with Crippen molar-refractivity contribution in [1.82, 2.24) is 4.90 Å². The summed E-state index contributed by atoms with van der Waals surface area (Å²) in [5.41, 5.74) is 0.776. The van der Waals surface area contributed by atoms with E-state index in [1.165, 1.54) is 51.6 Å². The van der Waals surface area contributed by atoms with Crippen LogP contribution < -0.4 is 0 Å². The van der Waals surface area contributed by atoms with Crippen molar-refractivity contribution >= 4 is 0 Å². The second-order valence-corrected chi connectivity index (χ2v) is 5.56. The van der Waals surface area contributed by atoms with Crippen LogP contribution in [0.1, 0.15) is 38.5 Å². The highest BCUT2D eigenvalue weighted by Crippen LogP contribution is 2.49. The zero-order chi connectivity index (χ0) is 9.60. The van der Waals surface area contributed by atoms with E-state index >= 15 is 0 Å². The lowest BCUT2D eigenvalue weighted by Gasteiger charge is -2.43. The van der Waals surface area contributed by atoms with Gasteiger partial charge in [-0.05, 0) is 44.1 Å². The molecule has 0 aromatic rings. The molecule has 3 aliphatic rings. The highest BCUT2D eigenvalue weighted by atomic mass is 16.5. The van der Waals surface area contributed by atoms with Crippen molar-refractivity contribution in [2.75, 3.05) is 20.2 Å². The lowest BCUT2D eigenvalue weighted by molar-refractivity contribution is -0.0260. The number of methoxy groups -OCH3 is 1. The molecule has 80 valence electrons. The smallest absolute Gasteiger partial charge is 0.0601 e. The summed E-state index contributed by atoms with van der Waals surface area (Å²) in [6.07, 6.45) is 9.10. The topological polar surface area (TPSA) is 12.5 Å². The molecule has 0 amide bonds.